The number of amides is 2. The molecule has 0 unspecified atom stereocenters. The van der Waals surface area contributed by atoms with Crippen LogP contribution in [0.25, 0.3) is 5.69 Å². The van der Waals surface area contributed by atoms with E-state index in [9.17, 15) is 9.90 Å². The fraction of sp³-hybridized carbons (Fsp3) is 0.333. The van der Waals surface area contributed by atoms with Crippen LogP contribution in [0.3, 0.4) is 0 Å². The summed E-state index contributed by atoms with van der Waals surface area (Å²) in [5.41, 5.74) is 0.728. The van der Waals surface area contributed by atoms with Crippen LogP contribution in [0.4, 0.5) is 10.5 Å². The van der Waals surface area contributed by atoms with Crippen LogP contribution in [-0.4, -0.2) is 44.5 Å². The first-order valence-electron chi connectivity index (χ1n) is 7.08. The molecule has 3 rings (SSSR count). The van der Waals surface area contributed by atoms with Gasteiger partial charge in [-0.25, -0.2) is 9.48 Å². The van der Waals surface area contributed by atoms with E-state index in [0.717, 1.165) is 5.69 Å². The van der Waals surface area contributed by atoms with Gasteiger partial charge in [-0.05, 0) is 30.7 Å². The van der Waals surface area contributed by atoms with E-state index >= 15 is 0 Å². The number of likely N-dealkylation sites (tertiary alicyclic amines) is 1. The summed E-state index contributed by atoms with van der Waals surface area (Å²) in [5, 5.41) is 17.6. The molecular formula is C15H17ClN4O2. The van der Waals surface area contributed by atoms with Crippen molar-refractivity contribution in [2.45, 2.75) is 18.9 Å². The molecule has 0 saturated carbocycles. The summed E-state index contributed by atoms with van der Waals surface area (Å²) >= 11 is 5.85. The van der Waals surface area contributed by atoms with Gasteiger partial charge < -0.3 is 15.3 Å². The molecule has 2 amide bonds. The highest BCUT2D eigenvalue weighted by Crippen LogP contribution is 2.24. The van der Waals surface area contributed by atoms with Gasteiger partial charge in [-0.1, -0.05) is 18.5 Å². The largest absolute Gasteiger partial charge is 0.386 e. The number of halogens is 1. The number of carbonyl (C=O) groups is 1. The molecule has 1 aliphatic heterocycles. The third kappa shape index (κ3) is 2.93. The van der Waals surface area contributed by atoms with Gasteiger partial charge in [-0.15, -0.1) is 0 Å². The Labute approximate surface area is 133 Å². The number of rotatable bonds is 3. The molecule has 1 aromatic heterocycles. The second-order valence-electron chi connectivity index (χ2n) is 5.51. The van der Waals surface area contributed by atoms with E-state index in [-0.39, 0.29) is 6.03 Å². The van der Waals surface area contributed by atoms with E-state index in [1.165, 1.54) is 0 Å². The quantitative estimate of drug-likeness (QED) is 0.913. The molecule has 22 heavy (non-hydrogen) atoms. The Bertz CT molecular complexity index is 677. The predicted octanol–water partition coefficient (Wildman–Crippen LogP) is 2.51. The molecule has 1 fully saturated rings. The number of aliphatic hydroxyl groups is 1. The fourth-order valence-electron chi connectivity index (χ4n) is 2.36. The summed E-state index contributed by atoms with van der Waals surface area (Å²) in [5.74, 6) is 0. The monoisotopic (exact) mass is 320 g/mol. The highest BCUT2D eigenvalue weighted by Gasteiger charge is 2.42. The van der Waals surface area contributed by atoms with Crippen molar-refractivity contribution in [2.75, 3.05) is 18.4 Å². The van der Waals surface area contributed by atoms with E-state index < -0.39 is 5.60 Å². The topological polar surface area (TPSA) is 70.4 Å². The Balaban J connectivity index is 1.63. The number of hydrogen-bond acceptors (Lipinski definition) is 3. The van der Waals surface area contributed by atoms with E-state index in [2.05, 4.69) is 10.4 Å². The first-order chi connectivity index (χ1) is 10.5. The molecule has 2 N–H and O–H groups in total. The Morgan fingerprint density at radius 1 is 1.41 bits per heavy atom. The SMILES string of the molecule is CCC1(O)CN(C(=O)Nc2cnn(-c3ccc(Cl)cc3)c2)C1. The molecule has 0 bridgehead atoms. The number of benzene rings is 1. The summed E-state index contributed by atoms with van der Waals surface area (Å²) in [7, 11) is 0. The van der Waals surface area contributed by atoms with Crippen molar-refractivity contribution < 1.29 is 9.90 Å². The lowest BCUT2D eigenvalue weighted by molar-refractivity contribution is -0.0755. The van der Waals surface area contributed by atoms with Crippen molar-refractivity contribution in [2.24, 2.45) is 0 Å². The molecule has 1 aliphatic rings. The highest BCUT2D eigenvalue weighted by atomic mass is 35.5. The number of hydrogen-bond donors (Lipinski definition) is 2. The molecule has 6 nitrogen and oxygen atoms in total. The summed E-state index contributed by atoms with van der Waals surface area (Å²) in [6.45, 7) is 2.63. The first-order valence-corrected chi connectivity index (χ1v) is 7.46. The van der Waals surface area contributed by atoms with Gasteiger partial charge in [0, 0.05) is 5.02 Å². The van der Waals surface area contributed by atoms with Crippen molar-refractivity contribution in [1.29, 1.82) is 0 Å². The van der Waals surface area contributed by atoms with Gasteiger partial charge in [0.15, 0.2) is 0 Å². The second kappa shape index (κ2) is 5.62. The van der Waals surface area contributed by atoms with E-state index in [1.807, 2.05) is 19.1 Å². The normalized spacial score (nSPS) is 16.2. The second-order valence-corrected chi connectivity index (χ2v) is 5.95. The zero-order valence-corrected chi connectivity index (χ0v) is 12.9. The zero-order valence-electron chi connectivity index (χ0n) is 12.2. The minimum atomic E-state index is -0.731. The van der Waals surface area contributed by atoms with Gasteiger partial charge in [-0.2, -0.15) is 5.10 Å². The van der Waals surface area contributed by atoms with Gasteiger partial charge in [-0.3, -0.25) is 0 Å². The number of nitrogens with one attached hydrogen (secondary N) is 1. The molecule has 2 aromatic rings. The van der Waals surface area contributed by atoms with Crippen LogP contribution in [0.2, 0.25) is 5.02 Å². The van der Waals surface area contributed by atoms with Crippen LogP contribution in [0.5, 0.6) is 0 Å². The van der Waals surface area contributed by atoms with Crippen molar-refractivity contribution in [3.63, 3.8) is 0 Å². The number of β-amino-alcohol motifs (C(OH)–C–C–N with tert-alkyl or cyclic N) is 1. The Kier molecular flexibility index (Phi) is 3.80. The summed E-state index contributed by atoms with van der Waals surface area (Å²) < 4.78 is 1.66. The van der Waals surface area contributed by atoms with Crippen molar-refractivity contribution in [3.8, 4) is 5.69 Å². The molecule has 2 heterocycles. The highest BCUT2D eigenvalue weighted by molar-refractivity contribution is 6.30. The molecular weight excluding hydrogens is 304 g/mol. The molecule has 116 valence electrons. The third-order valence-corrected chi connectivity index (χ3v) is 4.09. The maximum atomic E-state index is 12.0. The standard InChI is InChI=1S/C15H17ClN4O2/c1-2-15(22)9-19(10-15)14(21)18-12-7-17-20(8-12)13-5-3-11(16)4-6-13/h3-8,22H,2,9-10H2,1H3,(H,18,21). The summed E-state index contributed by atoms with van der Waals surface area (Å²) in [6.07, 6.45) is 3.95. The maximum Gasteiger partial charge on any atom is 0.322 e. The minimum Gasteiger partial charge on any atom is -0.386 e. The number of nitrogens with zero attached hydrogens (tertiary/aromatic N) is 3. The van der Waals surface area contributed by atoms with Crippen LogP contribution < -0.4 is 5.32 Å². The molecule has 0 aliphatic carbocycles. The van der Waals surface area contributed by atoms with E-state index in [1.54, 1.807) is 34.1 Å². The van der Waals surface area contributed by atoms with Gasteiger partial charge in [0.2, 0.25) is 0 Å². The van der Waals surface area contributed by atoms with Crippen molar-refractivity contribution in [1.82, 2.24) is 14.7 Å². The molecule has 7 heteroatoms. The average molecular weight is 321 g/mol. The Morgan fingerprint density at radius 2 is 2.09 bits per heavy atom. The van der Waals surface area contributed by atoms with Crippen molar-refractivity contribution in [3.05, 3.63) is 41.7 Å². The molecule has 0 spiro atoms. The van der Waals surface area contributed by atoms with Crippen LogP contribution in [0.15, 0.2) is 36.7 Å². The van der Waals surface area contributed by atoms with Gasteiger partial charge >= 0.3 is 6.03 Å². The lowest BCUT2D eigenvalue weighted by Gasteiger charge is -2.45. The van der Waals surface area contributed by atoms with Gasteiger partial charge in [0.05, 0.1) is 42.5 Å². The van der Waals surface area contributed by atoms with Crippen molar-refractivity contribution >= 4 is 23.3 Å². The number of aromatic nitrogens is 2. The first kappa shape index (κ1) is 14.9. The summed E-state index contributed by atoms with van der Waals surface area (Å²) in [4.78, 5) is 13.6. The minimum absolute atomic E-state index is 0.228. The number of urea groups is 1. The van der Waals surface area contributed by atoms with Gasteiger partial charge in [0.1, 0.15) is 0 Å². The molecule has 0 radical (unpaired) electrons. The Morgan fingerprint density at radius 3 is 2.73 bits per heavy atom. The fourth-order valence-corrected chi connectivity index (χ4v) is 2.48. The predicted molar refractivity (Wildman–Crippen MR) is 84.4 cm³/mol. The van der Waals surface area contributed by atoms with Crippen LogP contribution in [0.1, 0.15) is 13.3 Å². The maximum absolute atomic E-state index is 12.0. The van der Waals surface area contributed by atoms with E-state index in [4.69, 9.17) is 11.6 Å². The smallest absolute Gasteiger partial charge is 0.322 e. The summed E-state index contributed by atoms with van der Waals surface area (Å²) in [6, 6.07) is 7.02. The average Bonchev–Trinajstić information content (AvgIpc) is 2.93. The van der Waals surface area contributed by atoms with Crippen LogP contribution in [0, 0.1) is 0 Å². The zero-order chi connectivity index (χ0) is 15.7. The van der Waals surface area contributed by atoms with Crippen LogP contribution in [-0.2, 0) is 0 Å². The molecule has 1 aromatic carbocycles. The Hall–Kier alpha value is -2.05. The lowest BCUT2D eigenvalue weighted by atomic mass is 9.92. The lowest BCUT2D eigenvalue weighted by Crippen LogP contribution is -2.63. The number of anilines is 1. The van der Waals surface area contributed by atoms with E-state index in [0.29, 0.717) is 30.2 Å². The third-order valence-electron chi connectivity index (χ3n) is 3.84. The van der Waals surface area contributed by atoms with Crippen LogP contribution >= 0.6 is 11.6 Å². The number of carbonyl (C=O) groups excluding carboxylic acids is 1. The van der Waals surface area contributed by atoms with Gasteiger partial charge in [0.25, 0.3) is 0 Å². The molecule has 1 saturated heterocycles. The molecule has 0 atom stereocenters.